The second-order valence-electron chi connectivity index (χ2n) is 2.91. The Bertz CT molecular complexity index is 447. The SMILES string of the molecule is Cc1sc2ccc(Cl)cc2c1CBr. The predicted octanol–water partition coefficient (Wildman–Crippen LogP) is 4.76. The van der Waals surface area contributed by atoms with Crippen LogP contribution in [-0.2, 0) is 5.33 Å². The minimum absolute atomic E-state index is 0.813. The lowest BCUT2D eigenvalue weighted by Gasteiger charge is -1.95. The highest BCUT2D eigenvalue weighted by Gasteiger charge is 2.07. The third-order valence-electron chi connectivity index (χ3n) is 2.09. The molecular weight excluding hydrogens is 268 g/mol. The van der Waals surface area contributed by atoms with E-state index in [2.05, 4.69) is 28.9 Å². The number of rotatable bonds is 1. The lowest BCUT2D eigenvalue weighted by atomic mass is 10.1. The first-order valence-electron chi connectivity index (χ1n) is 3.96. The molecule has 0 atom stereocenters. The van der Waals surface area contributed by atoms with Crippen LogP contribution in [0, 0.1) is 6.92 Å². The first-order valence-corrected chi connectivity index (χ1v) is 6.27. The fourth-order valence-corrected chi connectivity index (χ4v) is 3.55. The molecule has 0 N–H and O–H groups in total. The van der Waals surface area contributed by atoms with Crippen LogP contribution in [0.2, 0.25) is 5.02 Å². The molecule has 3 heteroatoms. The predicted molar refractivity (Wildman–Crippen MR) is 64.2 cm³/mol. The van der Waals surface area contributed by atoms with Crippen molar-refractivity contribution >= 4 is 49.0 Å². The Morgan fingerprint density at radius 1 is 1.46 bits per heavy atom. The van der Waals surface area contributed by atoms with Crippen molar-refractivity contribution in [3.05, 3.63) is 33.7 Å². The van der Waals surface area contributed by atoms with Gasteiger partial charge in [0.15, 0.2) is 0 Å². The molecule has 0 aliphatic carbocycles. The Labute approximate surface area is 94.7 Å². The lowest BCUT2D eigenvalue weighted by Crippen LogP contribution is -1.76. The maximum absolute atomic E-state index is 5.95. The van der Waals surface area contributed by atoms with E-state index in [4.69, 9.17) is 11.6 Å². The van der Waals surface area contributed by atoms with Gasteiger partial charge in [-0.2, -0.15) is 0 Å². The van der Waals surface area contributed by atoms with Gasteiger partial charge in [0, 0.05) is 19.9 Å². The molecule has 0 saturated carbocycles. The maximum Gasteiger partial charge on any atom is 0.0413 e. The van der Waals surface area contributed by atoms with Crippen LogP contribution in [-0.4, -0.2) is 0 Å². The summed E-state index contributed by atoms with van der Waals surface area (Å²) < 4.78 is 1.32. The summed E-state index contributed by atoms with van der Waals surface area (Å²) in [4.78, 5) is 1.37. The largest absolute Gasteiger partial charge is 0.140 e. The van der Waals surface area contributed by atoms with Crippen molar-refractivity contribution in [1.29, 1.82) is 0 Å². The number of alkyl halides is 1. The number of aryl methyl sites for hydroxylation is 1. The van der Waals surface area contributed by atoms with Gasteiger partial charge in [-0.3, -0.25) is 0 Å². The number of thiophene rings is 1. The van der Waals surface area contributed by atoms with E-state index < -0.39 is 0 Å². The molecule has 2 rings (SSSR count). The second kappa shape index (κ2) is 3.60. The van der Waals surface area contributed by atoms with Gasteiger partial charge in [-0.05, 0) is 36.1 Å². The van der Waals surface area contributed by atoms with Gasteiger partial charge in [-0.25, -0.2) is 0 Å². The van der Waals surface area contributed by atoms with Crippen molar-refractivity contribution < 1.29 is 0 Å². The molecule has 0 spiro atoms. The molecule has 0 saturated heterocycles. The molecule has 1 heterocycles. The fraction of sp³-hybridized carbons (Fsp3) is 0.200. The molecule has 0 radical (unpaired) electrons. The van der Waals surface area contributed by atoms with Crippen LogP contribution in [0.25, 0.3) is 10.1 Å². The summed E-state index contributed by atoms with van der Waals surface area (Å²) in [6.45, 7) is 2.15. The Hall–Kier alpha value is -0.0500. The molecule has 0 aliphatic rings. The van der Waals surface area contributed by atoms with Crippen molar-refractivity contribution in [1.82, 2.24) is 0 Å². The van der Waals surface area contributed by atoms with E-state index in [0.29, 0.717) is 0 Å². The summed E-state index contributed by atoms with van der Waals surface area (Å²) in [5.74, 6) is 0. The normalized spacial score (nSPS) is 11.0. The van der Waals surface area contributed by atoms with Gasteiger partial charge in [-0.15, -0.1) is 11.3 Å². The smallest absolute Gasteiger partial charge is 0.0413 e. The first kappa shape index (κ1) is 9.50. The van der Waals surface area contributed by atoms with Gasteiger partial charge in [0.1, 0.15) is 0 Å². The Morgan fingerprint density at radius 2 is 2.23 bits per heavy atom. The van der Waals surface area contributed by atoms with Crippen molar-refractivity contribution in [2.75, 3.05) is 0 Å². The van der Waals surface area contributed by atoms with Crippen molar-refractivity contribution in [3.8, 4) is 0 Å². The maximum atomic E-state index is 5.95. The number of hydrogen-bond acceptors (Lipinski definition) is 1. The molecule has 1 aromatic carbocycles. The average Bonchev–Trinajstić information content (AvgIpc) is 2.40. The minimum Gasteiger partial charge on any atom is -0.140 e. The highest BCUT2D eigenvalue weighted by atomic mass is 79.9. The number of benzene rings is 1. The molecular formula is C10H8BrClS. The number of fused-ring (bicyclic) bond motifs is 1. The van der Waals surface area contributed by atoms with Crippen LogP contribution < -0.4 is 0 Å². The Balaban J connectivity index is 2.80. The summed E-state index contributed by atoms with van der Waals surface area (Å²) in [5, 5.41) is 3.00. The van der Waals surface area contributed by atoms with Crippen molar-refractivity contribution in [2.45, 2.75) is 12.3 Å². The van der Waals surface area contributed by atoms with Crippen molar-refractivity contribution in [2.24, 2.45) is 0 Å². The summed E-state index contributed by atoms with van der Waals surface area (Å²) >= 11 is 11.3. The van der Waals surface area contributed by atoms with Gasteiger partial charge in [0.2, 0.25) is 0 Å². The van der Waals surface area contributed by atoms with Crippen LogP contribution in [0.1, 0.15) is 10.4 Å². The van der Waals surface area contributed by atoms with Gasteiger partial charge < -0.3 is 0 Å². The van der Waals surface area contributed by atoms with Crippen LogP contribution >= 0.6 is 38.9 Å². The average molecular weight is 276 g/mol. The van der Waals surface area contributed by atoms with E-state index in [9.17, 15) is 0 Å². The summed E-state index contributed by atoms with van der Waals surface area (Å²) in [5.41, 5.74) is 1.36. The third kappa shape index (κ3) is 1.63. The molecule has 2 aromatic rings. The van der Waals surface area contributed by atoms with Crippen molar-refractivity contribution in [3.63, 3.8) is 0 Å². The second-order valence-corrected chi connectivity index (χ2v) is 5.16. The summed E-state index contributed by atoms with van der Waals surface area (Å²) in [6, 6.07) is 6.07. The molecule has 68 valence electrons. The number of hydrogen-bond donors (Lipinski definition) is 0. The van der Waals surface area contributed by atoms with E-state index >= 15 is 0 Å². The summed E-state index contributed by atoms with van der Waals surface area (Å²) in [6.07, 6.45) is 0. The van der Waals surface area contributed by atoms with Gasteiger partial charge in [-0.1, -0.05) is 27.5 Å². The highest BCUT2D eigenvalue weighted by molar-refractivity contribution is 9.08. The van der Waals surface area contributed by atoms with E-state index in [1.807, 2.05) is 23.5 Å². The zero-order valence-electron chi connectivity index (χ0n) is 7.10. The molecule has 13 heavy (non-hydrogen) atoms. The van der Waals surface area contributed by atoms with Gasteiger partial charge in [0.25, 0.3) is 0 Å². The Kier molecular flexibility index (Phi) is 2.63. The topological polar surface area (TPSA) is 0 Å². The highest BCUT2D eigenvalue weighted by Crippen LogP contribution is 2.33. The van der Waals surface area contributed by atoms with Crippen LogP contribution in [0.5, 0.6) is 0 Å². The lowest BCUT2D eigenvalue weighted by molar-refractivity contribution is 1.44. The quantitative estimate of drug-likeness (QED) is 0.658. The summed E-state index contributed by atoms with van der Waals surface area (Å²) in [7, 11) is 0. The minimum atomic E-state index is 0.813. The molecule has 0 nitrogen and oxygen atoms in total. The van der Waals surface area contributed by atoms with E-state index in [1.165, 1.54) is 20.5 Å². The molecule has 0 bridgehead atoms. The van der Waals surface area contributed by atoms with Crippen LogP contribution in [0.4, 0.5) is 0 Å². The monoisotopic (exact) mass is 274 g/mol. The van der Waals surface area contributed by atoms with Gasteiger partial charge in [0.05, 0.1) is 0 Å². The zero-order chi connectivity index (χ0) is 9.42. The molecule has 0 aliphatic heterocycles. The fourth-order valence-electron chi connectivity index (χ4n) is 1.41. The van der Waals surface area contributed by atoms with Crippen LogP contribution in [0.3, 0.4) is 0 Å². The van der Waals surface area contributed by atoms with E-state index in [-0.39, 0.29) is 0 Å². The Morgan fingerprint density at radius 3 is 2.92 bits per heavy atom. The standard InChI is InChI=1S/C10H8BrClS/c1-6-9(5-11)8-4-7(12)2-3-10(8)13-6/h2-4H,5H2,1H3. The van der Waals surface area contributed by atoms with E-state index in [0.717, 1.165) is 10.4 Å². The molecule has 1 aromatic heterocycles. The van der Waals surface area contributed by atoms with Gasteiger partial charge >= 0.3 is 0 Å². The molecule has 0 amide bonds. The number of halogens is 2. The van der Waals surface area contributed by atoms with Crippen LogP contribution in [0.15, 0.2) is 18.2 Å². The third-order valence-corrected chi connectivity index (χ3v) is 4.01. The first-order chi connectivity index (χ1) is 6.22. The van der Waals surface area contributed by atoms with E-state index in [1.54, 1.807) is 0 Å². The zero-order valence-corrected chi connectivity index (χ0v) is 10.3. The molecule has 0 fully saturated rings. The molecule has 0 unspecified atom stereocenters.